The molecule has 2 fully saturated rings. The van der Waals surface area contributed by atoms with Gasteiger partial charge in [-0.2, -0.15) is 0 Å². The summed E-state index contributed by atoms with van der Waals surface area (Å²) in [5.41, 5.74) is 1.54. The molecule has 2 saturated heterocycles. The molecule has 1 amide bonds. The number of halogens is 1. The molecule has 2 aromatic rings. The monoisotopic (exact) mass is 456 g/mol. The average molecular weight is 457 g/mol. The number of nitrogens with zero attached hydrogens (tertiary/aromatic N) is 4. The normalized spacial score (nSPS) is 21.3. The number of aromatic nitrogens is 2. The highest BCUT2D eigenvalue weighted by atomic mass is 35.5. The first-order chi connectivity index (χ1) is 15.4. The van der Waals surface area contributed by atoms with Gasteiger partial charge in [-0.15, -0.1) is 0 Å². The molecule has 2 aliphatic rings. The van der Waals surface area contributed by atoms with Crippen LogP contribution in [-0.2, 0) is 14.3 Å². The number of ketones is 1. The van der Waals surface area contributed by atoms with Crippen LogP contribution in [0.1, 0.15) is 28.7 Å². The first-order valence-corrected chi connectivity index (χ1v) is 10.9. The largest absolute Gasteiger partial charge is 0.507 e. The number of amides is 1. The highest BCUT2D eigenvalue weighted by Crippen LogP contribution is 2.40. The van der Waals surface area contributed by atoms with E-state index in [0.29, 0.717) is 54.0 Å². The van der Waals surface area contributed by atoms with Crippen molar-refractivity contribution in [1.82, 2.24) is 19.8 Å². The summed E-state index contributed by atoms with van der Waals surface area (Å²) in [6.07, 6.45) is 1.48. The van der Waals surface area contributed by atoms with Crippen molar-refractivity contribution in [2.45, 2.75) is 19.9 Å². The van der Waals surface area contributed by atoms with Gasteiger partial charge in [0.05, 0.1) is 36.1 Å². The number of likely N-dealkylation sites (tertiary alicyclic amines) is 1. The molecular formula is C23H25ClN4O4. The summed E-state index contributed by atoms with van der Waals surface area (Å²) in [7, 11) is 0. The van der Waals surface area contributed by atoms with Crippen LogP contribution in [0.3, 0.4) is 0 Å². The SMILES string of the molecule is Cc1ncc(/C(O)=C2\C(=O)C(=O)N(CCN3CCOCC3)[C@@H]2c2cccc(Cl)c2)c(C)n1. The van der Waals surface area contributed by atoms with Gasteiger partial charge in [0, 0.05) is 37.4 Å². The van der Waals surface area contributed by atoms with E-state index in [-0.39, 0.29) is 11.3 Å². The molecule has 8 nitrogen and oxygen atoms in total. The standard InChI is InChI=1S/C23H25ClN4O4/c1-14-18(13-25-15(2)26-14)21(29)19-20(16-4-3-5-17(24)12-16)28(23(31)22(19)30)7-6-27-8-10-32-11-9-27/h3-5,12-13,20,29H,6-11H2,1-2H3/b21-19+/t20-/m1/s1. The van der Waals surface area contributed by atoms with E-state index < -0.39 is 17.7 Å². The van der Waals surface area contributed by atoms with E-state index in [1.807, 2.05) is 0 Å². The summed E-state index contributed by atoms with van der Waals surface area (Å²) in [6.45, 7) is 7.23. The Morgan fingerprint density at radius 2 is 1.97 bits per heavy atom. The summed E-state index contributed by atoms with van der Waals surface area (Å²) in [5, 5.41) is 11.6. The van der Waals surface area contributed by atoms with Crippen LogP contribution in [-0.4, -0.2) is 76.0 Å². The maximum absolute atomic E-state index is 13.1. The Bertz CT molecular complexity index is 1080. The summed E-state index contributed by atoms with van der Waals surface area (Å²) in [4.78, 5) is 38.3. The quantitative estimate of drug-likeness (QED) is 0.419. The van der Waals surface area contributed by atoms with Gasteiger partial charge in [-0.1, -0.05) is 23.7 Å². The van der Waals surface area contributed by atoms with Crippen LogP contribution >= 0.6 is 11.6 Å². The highest BCUT2D eigenvalue weighted by Gasteiger charge is 2.46. The lowest BCUT2D eigenvalue weighted by Gasteiger charge is -2.31. The van der Waals surface area contributed by atoms with Crippen LogP contribution in [0.4, 0.5) is 0 Å². The van der Waals surface area contributed by atoms with E-state index in [1.165, 1.54) is 11.1 Å². The molecule has 0 spiro atoms. The molecular weight excluding hydrogens is 432 g/mol. The van der Waals surface area contributed by atoms with E-state index in [4.69, 9.17) is 16.3 Å². The number of hydrogen-bond acceptors (Lipinski definition) is 7. The Morgan fingerprint density at radius 1 is 1.22 bits per heavy atom. The summed E-state index contributed by atoms with van der Waals surface area (Å²) >= 11 is 6.22. The Balaban J connectivity index is 1.77. The Hall–Kier alpha value is -2.81. The fourth-order valence-electron chi connectivity index (χ4n) is 4.17. The lowest BCUT2D eigenvalue weighted by atomic mass is 9.95. The second-order valence-corrected chi connectivity index (χ2v) is 8.35. The fraction of sp³-hybridized carbons (Fsp3) is 0.391. The summed E-state index contributed by atoms with van der Waals surface area (Å²) < 4.78 is 5.39. The smallest absolute Gasteiger partial charge is 0.295 e. The van der Waals surface area contributed by atoms with Crippen LogP contribution in [0.2, 0.25) is 5.02 Å². The molecule has 32 heavy (non-hydrogen) atoms. The molecule has 1 atom stereocenters. The number of ether oxygens (including phenoxy) is 1. The maximum atomic E-state index is 13.1. The first kappa shape index (κ1) is 22.4. The van der Waals surface area contributed by atoms with E-state index in [9.17, 15) is 14.7 Å². The molecule has 0 radical (unpaired) electrons. The van der Waals surface area contributed by atoms with Crippen molar-refractivity contribution >= 4 is 29.1 Å². The number of aliphatic hydroxyl groups excluding tert-OH is 1. The molecule has 4 rings (SSSR count). The topological polar surface area (TPSA) is 95.9 Å². The van der Waals surface area contributed by atoms with E-state index in [1.54, 1.807) is 38.1 Å². The minimum Gasteiger partial charge on any atom is -0.507 e. The van der Waals surface area contributed by atoms with Crippen molar-refractivity contribution in [1.29, 1.82) is 0 Å². The number of benzene rings is 1. The average Bonchev–Trinajstić information content (AvgIpc) is 3.03. The Morgan fingerprint density at radius 3 is 2.66 bits per heavy atom. The van der Waals surface area contributed by atoms with Gasteiger partial charge in [0.1, 0.15) is 11.6 Å². The number of carbonyl (C=O) groups excluding carboxylic acids is 2. The zero-order valence-corrected chi connectivity index (χ0v) is 18.8. The van der Waals surface area contributed by atoms with E-state index in [0.717, 1.165) is 13.1 Å². The number of Topliss-reactive ketones (excluding diaryl/α,β-unsaturated/α-hetero) is 1. The summed E-state index contributed by atoms with van der Waals surface area (Å²) in [6, 6.07) is 6.25. The number of aliphatic hydroxyl groups is 1. The Kier molecular flexibility index (Phi) is 6.55. The lowest BCUT2D eigenvalue weighted by molar-refractivity contribution is -0.140. The van der Waals surface area contributed by atoms with Crippen molar-refractivity contribution in [3.8, 4) is 0 Å². The van der Waals surface area contributed by atoms with Crippen LogP contribution < -0.4 is 0 Å². The fourth-order valence-corrected chi connectivity index (χ4v) is 4.37. The van der Waals surface area contributed by atoms with Crippen LogP contribution in [0, 0.1) is 13.8 Å². The summed E-state index contributed by atoms with van der Waals surface area (Å²) in [5.74, 6) is -1.10. The van der Waals surface area contributed by atoms with Gasteiger partial charge in [-0.25, -0.2) is 9.97 Å². The van der Waals surface area contributed by atoms with Crippen LogP contribution in [0.5, 0.6) is 0 Å². The van der Waals surface area contributed by atoms with Gasteiger partial charge in [0.15, 0.2) is 0 Å². The molecule has 1 aromatic heterocycles. The molecule has 0 unspecified atom stereocenters. The number of aryl methyl sites for hydroxylation is 2. The minimum atomic E-state index is -0.754. The molecule has 2 aliphatic heterocycles. The highest BCUT2D eigenvalue weighted by molar-refractivity contribution is 6.46. The zero-order chi connectivity index (χ0) is 22.8. The predicted octanol–water partition coefficient (Wildman–Crippen LogP) is 2.50. The van der Waals surface area contributed by atoms with E-state index >= 15 is 0 Å². The van der Waals surface area contributed by atoms with Crippen LogP contribution in [0.15, 0.2) is 36.0 Å². The molecule has 0 saturated carbocycles. The second kappa shape index (κ2) is 9.36. The van der Waals surface area contributed by atoms with Crippen LogP contribution in [0.25, 0.3) is 5.76 Å². The molecule has 168 valence electrons. The molecule has 0 bridgehead atoms. The van der Waals surface area contributed by atoms with Crippen molar-refractivity contribution in [3.05, 3.63) is 63.7 Å². The lowest BCUT2D eigenvalue weighted by Crippen LogP contribution is -2.42. The number of carbonyl (C=O) groups is 2. The van der Waals surface area contributed by atoms with Crippen molar-refractivity contribution in [2.24, 2.45) is 0 Å². The van der Waals surface area contributed by atoms with E-state index in [2.05, 4.69) is 14.9 Å². The second-order valence-electron chi connectivity index (χ2n) is 7.92. The first-order valence-electron chi connectivity index (χ1n) is 10.5. The van der Waals surface area contributed by atoms with Gasteiger partial charge in [-0.3, -0.25) is 14.5 Å². The third-order valence-corrected chi connectivity index (χ3v) is 6.06. The van der Waals surface area contributed by atoms with Crippen molar-refractivity contribution in [3.63, 3.8) is 0 Å². The minimum absolute atomic E-state index is 0.0230. The van der Waals surface area contributed by atoms with Gasteiger partial charge >= 0.3 is 0 Å². The maximum Gasteiger partial charge on any atom is 0.295 e. The molecule has 1 N–H and O–H groups in total. The molecule has 1 aromatic carbocycles. The molecule has 9 heteroatoms. The number of hydrogen-bond donors (Lipinski definition) is 1. The van der Waals surface area contributed by atoms with Crippen molar-refractivity contribution in [2.75, 3.05) is 39.4 Å². The van der Waals surface area contributed by atoms with Gasteiger partial charge in [0.2, 0.25) is 0 Å². The van der Waals surface area contributed by atoms with Gasteiger partial charge in [0.25, 0.3) is 11.7 Å². The Labute approximate surface area is 191 Å². The third-order valence-electron chi connectivity index (χ3n) is 5.82. The third kappa shape index (κ3) is 4.39. The molecule has 3 heterocycles. The number of morpholine rings is 1. The zero-order valence-electron chi connectivity index (χ0n) is 18.0. The molecule has 0 aliphatic carbocycles. The van der Waals surface area contributed by atoms with Gasteiger partial charge in [-0.05, 0) is 31.5 Å². The number of rotatable bonds is 5. The predicted molar refractivity (Wildman–Crippen MR) is 119 cm³/mol. The van der Waals surface area contributed by atoms with Crippen molar-refractivity contribution < 1.29 is 19.4 Å². The van der Waals surface area contributed by atoms with Gasteiger partial charge < -0.3 is 14.7 Å².